The van der Waals surface area contributed by atoms with Crippen molar-refractivity contribution in [1.82, 2.24) is 0 Å². The zero-order chi connectivity index (χ0) is 10.4. The van der Waals surface area contributed by atoms with Crippen LogP contribution in [0, 0.1) is 5.92 Å². The minimum absolute atomic E-state index is 0.403. The molecule has 0 bridgehead atoms. The Hall–Kier alpha value is -0.530. The van der Waals surface area contributed by atoms with E-state index in [1.807, 2.05) is 0 Å². The van der Waals surface area contributed by atoms with Crippen LogP contribution in [0.15, 0.2) is 4.99 Å². The molecule has 0 aromatic rings. The fraction of sp³-hybridized carbons (Fsp3) is 0.917. The van der Waals surface area contributed by atoms with E-state index in [1.165, 1.54) is 44.9 Å². The first-order chi connectivity index (χ1) is 6.70. The zero-order valence-corrected chi connectivity index (χ0v) is 9.63. The molecule has 0 unspecified atom stereocenters. The van der Waals surface area contributed by atoms with Crippen molar-refractivity contribution in [3.63, 3.8) is 0 Å². The Bertz CT molecular complexity index is 177. The van der Waals surface area contributed by atoms with Gasteiger partial charge >= 0.3 is 0 Å². The lowest BCUT2D eigenvalue weighted by Gasteiger charge is -2.17. The third-order valence-electron chi connectivity index (χ3n) is 3.00. The first-order valence-electron chi connectivity index (χ1n) is 6.03. The number of amidine groups is 1. The van der Waals surface area contributed by atoms with Gasteiger partial charge in [0, 0.05) is 5.92 Å². The van der Waals surface area contributed by atoms with Gasteiger partial charge in [-0.25, -0.2) is 0 Å². The predicted octanol–water partition coefficient (Wildman–Crippen LogP) is 3.11. The highest BCUT2D eigenvalue weighted by molar-refractivity contribution is 5.82. The summed E-state index contributed by atoms with van der Waals surface area (Å²) in [6, 6.07) is 0.512. The molecule has 82 valence electrons. The molecule has 1 rings (SSSR count). The minimum Gasteiger partial charge on any atom is -0.387 e. The molecule has 0 spiro atoms. The Morgan fingerprint density at radius 2 is 1.57 bits per heavy atom. The Balaban J connectivity index is 2.44. The van der Waals surface area contributed by atoms with Gasteiger partial charge in [-0.15, -0.1) is 0 Å². The molecule has 0 aliphatic heterocycles. The summed E-state index contributed by atoms with van der Waals surface area (Å²) in [5.41, 5.74) is 5.89. The monoisotopic (exact) mass is 196 g/mol. The maximum Gasteiger partial charge on any atom is 0.0966 e. The van der Waals surface area contributed by atoms with Crippen LogP contribution >= 0.6 is 0 Å². The van der Waals surface area contributed by atoms with Crippen molar-refractivity contribution in [3.8, 4) is 0 Å². The van der Waals surface area contributed by atoms with Gasteiger partial charge in [-0.1, -0.05) is 46.0 Å². The molecule has 0 aromatic heterocycles. The van der Waals surface area contributed by atoms with Crippen LogP contribution in [0.2, 0.25) is 0 Å². The van der Waals surface area contributed by atoms with Gasteiger partial charge in [0.15, 0.2) is 0 Å². The summed E-state index contributed by atoms with van der Waals surface area (Å²) in [6.07, 6.45) is 9.33. The van der Waals surface area contributed by atoms with E-state index in [0.29, 0.717) is 12.0 Å². The van der Waals surface area contributed by atoms with Gasteiger partial charge in [0.25, 0.3) is 0 Å². The van der Waals surface area contributed by atoms with Crippen molar-refractivity contribution >= 4 is 5.84 Å². The Labute approximate surface area is 88.0 Å². The van der Waals surface area contributed by atoms with Crippen LogP contribution < -0.4 is 5.73 Å². The van der Waals surface area contributed by atoms with Crippen molar-refractivity contribution in [1.29, 1.82) is 0 Å². The average molecular weight is 196 g/mol. The third kappa shape index (κ3) is 4.12. The van der Waals surface area contributed by atoms with Crippen molar-refractivity contribution in [3.05, 3.63) is 0 Å². The minimum atomic E-state index is 0.403. The summed E-state index contributed by atoms with van der Waals surface area (Å²) in [5, 5.41) is 0. The summed E-state index contributed by atoms with van der Waals surface area (Å²) < 4.78 is 0. The van der Waals surface area contributed by atoms with Gasteiger partial charge in [0.1, 0.15) is 0 Å². The molecule has 0 aromatic carbocycles. The number of nitrogens with zero attached hydrogens (tertiary/aromatic N) is 1. The van der Waals surface area contributed by atoms with E-state index in [2.05, 4.69) is 18.8 Å². The molecule has 0 saturated heterocycles. The molecular formula is C12H24N2. The van der Waals surface area contributed by atoms with Crippen LogP contribution in [0.4, 0.5) is 0 Å². The van der Waals surface area contributed by atoms with E-state index in [-0.39, 0.29) is 0 Å². The molecular weight excluding hydrogens is 172 g/mol. The molecule has 0 amide bonds. The largest absolute Gasteiger partial charge is 0.387 e. The molecule has 0 heterocycles. The second-order valence-electron chi connectivity index (χ2n) is 4.71. The fourth-order valence-corrected chi connectivity index (χ4v) is 1.92. The van der Waals surface area contributed by atoms with Crippen LogP contribution in [0.3, 0.4) is 0 Å². The number of aliphatic imine (C=N–C) groups is 1. The third-order valence-corrected chi connectivity index (χ3v) is 3.00. The van der Waals surface area contributed by atoms with E-state index in [9.17, 15) is 0 Å². The van der Waals surface area contributed by atoms with Gasteiger partial charge < -0.3 is 5.73 Å². The van der Waals surface area contributed by atoms with Crippen molar-refractivity contribution in [2.75, 3.05) is 0 Å². The zero-order valence-electron chi connectivity index (χ0n) is 9.63. The molecule has 2 N–H and O–H groups in total. The number of nitrogens with two attached hydrogens (primary N) is 1. The Kier molecular flexibility index (Phi) is 4.99. The maximum absolute atomic E-state index is 5.89. The van der Waals surface area contributed by atoms with E-state index in [0.717, 1.165) is 5.84 Å². The topological polar surface area (TPSA) is 38.4 Å². The molecule has 2 heteroatoms. The maximum atomic E-state index is 5.89. The summed E-state index contributed by atoms with van der Waals surface area (Å²) in [4.78, 5) is 4.63. The lowest BCUT2D eigenvalue weighted by Crippen LogP contribution is -2.22. The second-order valence-corrected chi connectivity index (χ2v) is 4.71. The standard InChI is InChI=1S/C12H24N2/c1-10(2)12(13)14-11-8-6-4-3-5-7-9-11/h10-11H,3-9H2,1-2H3,(H2,13,14). The lowest BCUT2D eigenvalue weighted by molar-refractivity contribution is 0.453. The summed E-state index contributed by atoms with van der Waals surface area (Å²) in [5.74, 6) is 1.25. The van der Waals surface area contributed by atoms with Crippen molar-refractivity contribution in [2.45, 2.75) is 64.8 Å². The highest BCUT2D eigenvalue weighted by Crippen LogP contribution is 2.19. The Morgan fingerprint density at radius 1 is 1.07 bits per heavy atom. The number of hydrogen-bond donors (Lipinski definition) is 1. The first-order valence-corrected chi connectivity index (χ1v) is 6.03. The summed E-state index contributed by atoms with van der Waals surface area (Å²) >= 11 is 0. The second kappa shape index (κ2) is 6.05. The SMILES string of the molecule is CC(C)C(N)=NC1CCCCCCC1. The van der Waals surface area contributed by atoms with Crippen molar-refractivity contribution < 1.29 is 0 Å². The highest BCUT2D eigenvalue weighted by Gasteiger charge is 2.11. The molecule has 0 atom stereocenters. The number of hydrogen-bond acceptors (Lipinski definition) is 1. The van der Waals surface area contributed by atoms with Gasteiger partial charge in [-0.05, 0) is 12.8 Å². The van der Waals surface area contributed by atoms with Crippen LogP contribution in [-0.4, -0.2) is 11.9 Å². The number of rotatable bonds is 2. The molecule has 1 aliphatic carbocycles. The van der Waals surface area contributed by atoms with Crippen LogP contribution in [-0.2, 0) is 0 Å². The quantitative estimate of drug-likeness (QED) is 0.535. The van der Waals surface area contributed by atoms with E-state index in [4.69, 9.17) is 5.73 Å². The first kappa shape index (κ1) is 11.5. The van der Waals surface area contributed by atoms with Gasteiger partial charge in [-0.3, -0.25) is 4.99 Å². The van der Waals surface area contributed by atoms with Gasteiger partial charge in [-0.2, -0.15) is 0 Å². The van der Waals surface area contributed by atoms with Gasteiger partial charge in [0.05, 0.1) is 11.9 Å². The molecule has 1 aliphatic rings. The van der Waals surface area contributed by atoms with Crippen molar-refractivity contribution in [2.24, 2.45) is 16.6 Å². The summed E-state index contributed by atoms with van der Waals surface area (Å²) in [6.45, 7) is 4.23. The molecule has 2 nitrogen and oxygen atoms in total. The van der Waals surface area contributed by atoms with Crippen LogP contribution in [0.5, 0.6) is 0 Å². The smallest absolute Gasteiger partial charge is 0.0966 e. The molecule has 14 heavy (non-hydrogen) atoms. The fourth-order valence-electron chi connectivity index (χ4n) is 1.92. The lowest BCUT2D eigenvalue weighted by atomic mass is 9.97. The van der Waals surface area contributed by atoms with Crippen LogP contribution in [0.1, 0.15) is 58.8 Å². The normalized spacial score (nSPS) is 22.1. The van der Waals surface area contributed by atoms with Crippen LogP contribution in [0.25, 0.3) is 0 Å². The predicted molar refractivity (Wildman–Crippen MR) is 62.6 cm³/mol. The average Bonchev–Trinajstić information content (AvgIpc) is 2.08. The molecule has 1 saturated carbocycles. The van der Waals surface area contributed by atoms with E-state index < -0.39 is 0 Å². The molecule has 0 radical (unpaired) electrons. The summed E-state index contributed by atoms with van der Waals surface area (Å²) in [7, 11) is 0. The van der Waals surface area contributed by atoms with E-state index in [1.54, 1.807) is 0 Å². The Morgan fingerprint density at radius 3 is 2.07 bits per heavy atom. The van der Waals surface area contributed by atoms with Gasteiger partial charge in [0.2, 0.25) is 0 Å². The van der Waals surface area contributed by atoms with E-state index >= 15 is 0 Å². The molecule has 1 fully saturated rings. The highest BCUT2D eigenvalue weighted by atomic mass is 14.9.